The fraction of sp³-hybridized carbons (Fsp3) is 0.722. The van der Waals surface area contributed by atoms with Crippen molar-refractivity contribution in [1.29, 1.82) is 0 Å². The zero-order valence-electron chi connectivity index (χ0n) is 15.0. The SMILES string of the molecule is CCNC(=NCC(C)(O)c1ccsc1)NC1C2CCOC2C1(C)C. The van der Waals surface area contributed by atoms with Gasteiger partial charge >= 0.3 is 0 Å². The molecule has 1 aromatic heterocycles. The van der Waals surface area contributed by atoms with Crippen LogP contribution in [0.1, 0.15) is 39.7 Å². The van der Waals surface area contributed by atoms with Crippen LogP contribution in [0.25, 0.3) is 0 Å². The Morgan fingerprint density at radius 1 is 1.54 bits per heavy atom. The average Bonchev–Trinajstić information content (AvgIpc) is 3.19. The lowest BCUT2D eigenvalue weighted by atomic mass is 9.57. The van der Waals surface area contributed by atoms with Gasteiger partial charge in [-0.3, -0.25) is 0 Å². The van der Waals surface area contributed by atoms with Gasteiger partial charge in [-0.15, -0.1) is 0 Å². The van der Waals surface area contributed by atoms with Crippen molar-refractivity contribution in [3.8, 4) is 0 Å². The van der Waals surface area contributed by atoms with Crippen molar-refractivity contribution in [2.75, 3.05) is 19.7 Å². The summed E-state index contributed by atoms with van der Waals surface area (Å²) in [6, 6.07) is 2.31. The molecule has 3 N–H and O–H groups in total. The quantitative estimate of drug-likeness (QED) is 0.563. The molecule has 1 aliphatic carbocycles. The van der Waals surface area contributed by atoms with Crippen LogP contribution in [0, 0.1) is 11.3 Å². The van der Waals surface area contributed by atoms with Crippen molar-refractivity contribution in [2.24, 2.45) is 16.3 Å². The van der Waals surface area contributed by atoms with Crippen LogP contribution in [0.2, 0.25) is 0 Å². The second kappa shape index (κ2) is 6.65. The largest absolute Gasteiger partial charge is 0.383 e. The second-order valence-electron chi connectivity index (χ2n) is 7.67. The summed E-state index contributed by atoms with van der Waals surface area (Å²) in [5.74, 6) is 1.33. The molecule has 5 nitrogen and oxygen atoms in total. The van der Waals surface area contributed by atoms with Gasteiger partial charge in [0.2, 0.25) is 0 Å². The Hall–Kier alpha value is -1.11. The molecular formula is C18H29N3O2S. The number of aliphatic imine (C=N–C) groups is 1. The van der Waals surface area contributed by atoms with Crippen molar-refractivity contribution in [2.45, 2.75) is 51.9 Å². The van der Waals surface area contributed by atoms with E-state index in [1.54, 1.807) is 11.3 Å². The molecule has 4 atom stereocenters. The molecule has 0 amide bonds. The molecule has 6 heteroatoms. The van der Waals surface area contributed by atoms with E-state index >= 15 is 0 Å². The van der Waals surface area contributed by atoms with E-state index in [1.807, 2.05) is 23.8 Å². The number of rotatable bonds is 5. The molecule has 1 saturated heterocycles. The van der Waals surface area contributed by atoms with Crippen LogP contribution in [0.4, 0.5) is 0 Å². The van der Waals surface area contributed by atoms with Crippen molar-refractivity contribution in [3.05, 3.63) is 22.4 Å². The van der Waals surface area contributed by atoms with Gasteiger partial charge in [-0.1, -0.05) is 13.8 Å². The fourth-order valence-electron chi connectivity index (χ4n) is 3.98. The van der Waals surface area contributed by atoms with Gasteiger partial charge in [-0.05, 0) is 42.7 Å². The highest BCUT2D eigenvalue weighted by atomic mass is 32.1. The van der Waals surface area contributed by atoms with Crippen LogP contribution in [0.5, 0.6) is 0 Å². The molecule has 3 rings (SSSR count). The minimum absolute atomic E-state index is 0.104. The van der Waals surface area contributed by atoms with Gasteiger partial charge in [0.05, 0.1) is 12.6 Å². The molecule has 1 saturated carbocycles. The summed E-state index contributed by atoms with van der Waals surface area (Å²) < 4.78 is 5.86. The topological polar surface area (TPSA) is 65.9 Å². The maximum Gasteiger partial charge on any atom is 0.191 e. The molecule has 4 unspecified atom stereocenters. The lowest BCUT2D eigenvalue weighted by molar-refractivity contribution is -0.106. The predicted molar refractivity (Wildman–Crippen MR) is 98.4 cm³/mol. The van der Waals surface area contributed by atoms with Crippen LogP contribution in [0.15, 0.2) is 21.8 Å². The predicted octanol–water partition coefficient (Wildman–Crippen LogP) is 2.32. The van der Waals surface area contributed by atoms with Gasteiger partial charge in [-0.2, -0.15) is 11.3 Å². The third-order valence-electron chi connectivity index (χ3n) is 5.43. The van der Waals surface area contributed by atoms with E-state index in [9.17, 15) is 5.11 Å². The molecule has 2 aliphatic rings. The number of guanidine groups is 1. The van der Waals surface area contributed by atoms with E-state index in [0.717, 1.165) is 31.1 Å². The molecule has 0 spiro atoms. The molecule has 2 heterocycles. The normalized spacial score (nSPS) is 31.0. The maximum absolute atomic E-state index is 10.7. The first kappa shape index (κ1) is 17.7. The van der Waals surface area contributed by atoms with Crippen LogP contribution in [-0.2, 0) is 10.3 Å². The summed E-state index contributed by atoms with van der Waals surface area (Å²) in [4.78, 5) is 4.65. The number of thiophene rings is 1. The Bertz CT molecular complexity index is 583. The fourth-order valence-corrected chi connectivity index (χ4v) is 4.76. The Morgan fingerprint density at radius 3 is 3.00 bits per heavy atom. The number of ether oxygens (including phenoxy) is 1. The van der Waals surface area contributed by atoms with Gasteiger partial charge in [0.25, 0.3) is 0 Å². The molecular weight excluding hydrogens is 322 g/mol. The maximum atomic E-state index is 10.7. The number of nitrogens with one attached hydrogen (secondary N) is 2. The summed E-state index contributed by atoms with van der Waals surface area (Å²) in [5.41, 5.74) is 0.0734. The number of fused-ring (bicyclic) bond motifs is 1. The van der Waals surface area contributed by atoms with E-state index in [2.05, 4.69) is 36.4 Å². The molecule has 0 bridgehead atoms. The molecule has 0 radical (unpaired) electrons. The van der Waals surface area contributed by atoms with Crippen LogP contribution in [0.3, 0.4) is 0 Å². The highest BCUT2D eigenvalue weighted by molar-refractivity contribution is 7.08. The minimum Gasteiger partial charge on any atom is -0.383 e. The van der Waals surface area contributed by atoms with Gasteiger partial charge in [0.15, 0.2) is 5.96 Å². The summed E-state index contributed by atoms with van der Waals surface area (Å²) in [7, 11) is 0. The Balaban J connectivity index is 1.68. The Labute approximate surface area is 148 Å². The Kier molecular flexibility index (Phi) is 4.91. The first-order valence-corrected chi connectivity index (χ1v) is 9.72. The smallest absolute Gasteiger partial charge is 0.191 e. The van der Waals surface area contributed by atoms with E-state index in [-0.39, 0.29) is 5.41 Å². The summed E-state index contributed by atoms with van der Waals surface area (Å²) in [6.07, 6.45) is 1.46. The number of aliphatic hydroxyl groups is 1. The highest BCUT2D eigenvalue weighted by Crippen LogP contribution is 2.52. The van der Waals surface area contributed by atoms with Crippen molar-refractivity contribution >= 4 is 17.3 Å². The van der Waals surface area contributed by atoms with E-state index in [1.165, 1.54) is 0 Å². The zero-order valence-corrected chi connectivity index (χ0v) is 15.8. The summed E-state index contributed by atoms with van der Waals surface area (Å²) in [6.45, 7) is 10.4. The van der Waals surface area contributed by atoms with Crippen molar-refractivity contribution in [3.63, 3.8) is 0 Å². The molecule has 134 valence electrons. The third-order valence-corrected chi connectivity index (χ3v) is 6.11. The third kappa shape index (κ3) is 3.19. The average molecular weight is 352 g/mol. The lowest BCUT2D eigenvalue weighted by Gasteiger charge is -2.55. The van der Waals surface area contributed by atoms with Crippen molar-refractivity contribution < 1.29 is 9.84 Å². The number of hydrogen-bond acceptors (Lipinski definition) is 4. The van der Waals surface area contributed by atoms with Gasteiger partial charge in [0, 0.05) is 30.5 Å². The molecule has 1 aromatic rings. The molecule has 1 aliphatic heterocycles. The van der Waals surface area contributed by atoms with Crippen LogP contribution < -0.4 is 10.6 Å². The highest BCUT2D eigenvalue weighted by Gasteiger charge is 2.59. The Morgan fingerprint density at radius 2 is 2.33 bits per heavy atom. The summed E-state index contributed by atoms with van der Waals surface area (Å²) in [5, 5.41) is 21.5. The first-order chi connectivity index (χ1) is 11.4. The zero-order chi connectivity index (χ0) is 17.4. The first-order valence-electron chi connectivity index (χ1n) is 8.78. The molecule has 24 heavy (non-hydrogen) atoms. The second-order valence-corrected chi connectivity index (χ2v) is 8.45. The van der Waals surface area contributed by atoms with Gasteiger partial charge in [0.1, 0.15) is 5.60 Å². The minimum atomic E-state index is -0.948. The van der Waals surface area contributed by atoms with E-state index in [4.69, 9.17) is 4.74 Å². The van der Waals surface area contributed by atoms with E-state index < -0.39 is 5.60 Å². The monoisotopic (exact) mass is 351 g/mol. The lowest BCUT2D eigenvalue weighted by Crippen LogP contribution is -2.68. The van der Waals surface area contributed by atoms with E-state index in [0.29, 0.717) is 24.6 Å². The van der Waals surface area contributed by atoms with Gasteiger partial charge < -0.3 is 20.5 Å². The molecule has 0 aromatic carbocycles. The molecule has 2 fully saturated rings. The standard InChI is InChI=1S/C18H29N3O2S/c1-5-19-16(20-11-18(4,22)12-7-9-24-10-12)21-14-13-6-8-23-15(13)17(14,2)3/h7,9-10,13-15,22H,5-6,8,11H2,1-4H3,(H2,19,20,21). The summed E-state index contributed by atoms with van der Waals surface area (Å²) >= 11 is 1.59. The van der Waals surface area contributed by atoms with Crippen molar-refractivity contribution in [1.82, 2.24) is 10.6 Å². The number of hydrogen-bond donors (Lipinski definition) is 3. The van der Waals surface area contributed by atoms with Gasteiger partial charge in [-0.25, -0.2) is 4.99 Å². The number of nitrogens with zero attached hydrogens (tertiary/aromatic N) is 1. The van der Waals surface area contributed by atoms with Crippen LogP contribution >= 0.6 is 11.3 Å². The van der Waals surface area contributed by atoms with Crippen LogP contribution in [-0.4, -0.2) is 42.9 Å².